The Morgan fingerprint density at radius 2 is 1.54 bits per heavy atom. The predicted octanol–water partition coefficient (Wildman–Crippen LogP) is 6.47. The molecular weight excluding hydrogens is 346 g/mol. The lowest BCUT2D eigenvalue weighted by Gasteiger charge is -2.20. The highest BCUT2D eigenvalue weighted by atomic mass is 16.5. The number of carbonyl (C=O) groups excluding carboxylic acids is 1. The molecule has 5 rings (SSSR count). The Hall–Kier alpha value is -3.33. The van der Waals surface area contributed by atoms with E-state index in [0.29, 0.717) is 11.3 Å². The molecule has 0 spiro atoms. The van der Waals surface area contributed by atoms with E-state index < -0.39 is 0 Å². The highest BCUT2D eigenvalue weighted by Gasteiger charge is 2.29. The number of H-pyrrole nitrogens is 1. The molecule has 3 heteroatoms. The lowest BCUT2D eigenvalue weighted by atomic mass is 9.85. The summed E-state index contributed by atoms with van der Waals surface area (Å²) in [6, 6.07) is 19.7. The number of aromatic amines is 1. The fourth-order valence-corrected chi connectivity index (χ4v) is 3.93. The summed E-state index contributed by atoms with van der Waals surface area (Å²) in [5, 5.41) is 0.938. The lowest BCUT2D eigenvalue weighted by Crippen LogP contribution is -2.11. The van der Waals surface area contributed by atoms with Gasteiger partial charge in [0.25, 0.3) is 0 Å². The van der Waals surface area contributed by atoms with E-state index in [0.717, 1.165) is 33.3 Å². The first-order valence-electron chi connectivity index (χ1n) is 9.50. The van der Waals surface area contributed by atoms with Crippen LogP contribution in [0.2, 0.25) is 0 Å². The maximum atomic E-state index is 13.3. The number of carbonyl (C=O) groups is 1. The highest BCUT2D eigenvalue weighted by molar-refractivity contribution is 6.27. The maximum Gasteiger partial charge on any atom is 0.198 e. The second kappa shape index (κ2) is 5.83. The van der Waals surface area contributed by atoms with E-state index >= 15 is 0 Å². The third kappa shape index (κ3) is 2.47. The van der Waals surface area contributed by atoms with E-state index in [2.05, 4.69) is 37.9 Å². The standard InChI is InChI=1S/C25H21NO2/c1-25(2,3)15-8-10-16(11-9-15)28-21-13-12-20-22-19(14-26-20)17-6-4-5-7-18(17)24(27)23(21)22/h4-14,26H,1-3H3. The Labute approximate surface area is 164 Å². The molecule has 0 aliphatic heterocycles. The number of benzene rings is 3. The van der Waals surface area contributed by atoms with Crippen molar-refractivity contribution in [1.82, 2.24) is 4.98 Å². The van der Waals surface area contributed by atoms with Crippen molar-refractivity contribution < 1.29 is 9.53 Å². The van der Waals surface area contributed by atoms with Gasteiger partial charge in [0.15, 0.2) is 5.78 Å². The van der Waals surface area contributed by atoms with Gasteiger partial charge in [-0.1, -0.05) is 57.2 Å². The summed E-state index contributed by atoms with van der Waals surface area (Å²) >= 11 is 0. The van der Waals surface area contributed by atoms with Gasteiger partial charge in [-0.05, 0) is 40.8 Å². The molecule has 0 radical (unpaired) electrons. The third-order valence-electron chi connectivity index (χ3n) is 5.45. The fourth-order valence-electron chi connectivity index (χ4n) is 3.93. The first-order chi connectivity index (χ1) is 13.4. The van der Waals surface area contributed by atoms with Crippen molar-refractivity contribution >= 4 is 16.7 Å². The van der Waals surface area contributed by atoms with Gasteiger partial charge in [-0.15, -0.1) is 0 Å². The third-order valence-corrected chi connectivity index (χ3v) is 5.45. The van der Waals surface area contributed by atoms with Gasteiger partial charge >= 0.3 is 0 Å². The van der Waals surface area contributed by atoms with Gasteiger partial charge < -0.3 is 9.72 Å². The molecule has 1 heterocycles. The molecule has 0 bridgehead atoms. The van der Waals surface area contributed by atoms with Crippen LogP contribution in [0.25, 0.3) is 22.0 Å². The van der Waals surface area contributed by atoms with E-state index in [-0.39, 0.29) is 11.2 Å². The van der Waals surface area contributed by atoms with Crippen LogP contribution in [0, 0.1) is 0 Å². The first kappa shape index (κ1) is 16.8. The van der Waals surface area contributed by atoms with Crippen molar-refractivity contribution in [2.24, 2.45) is 0 Å². The molecule has 0 saturated carbocycles. The Morgan fingerprint density at radius 1 is 0.821 bits per heavy atom. The van der Waals surface area contributed by atoms with Crippen LogP contribution in [0.3, 0.4) is 0 Å². The molecule has 28 heavy (non-hydrogen) atoms. The number of nitrogens with one attached hydrogen (secondary N) is 1. The van der Waals surface area contributed by atoms with Crippen molar-refractivity contribution in [3.8, 4) is 22.6 Å². The van der Waals surface area contributed by atoms with Crippen LogP contribution in [0.15, 0.2) is 66.9 Å². The molecule has 1 aliphatic rings. The molecule has 0 amide bonds. The van der Waals surface area contributed by atoms with Crippen LogP contribution in [0.1, 0.15) is 42.3 Å². The highest BCUT2D eigenvalue weighted by Crippen LogP contribution is 2.43. The van der Waals surface area contributed by atoms with Gasteiger partial charge in [0.2, 0.25) is 0 Å². The molecule has 0 atom stereocenters. The zero-order valence-corrected chi connectivity index (χ0v) is 16.2. The second-order valence-electron chi connectivity index (χ2n) is 8.31. The molecule has 138 valence electrons. The van der Waals surface area contributed by atoms with Gasteiger partial charge in [0.05, 0.1) is 5.56 Å². The summed E-state index contributed by atoms with van der Waals surface area (Å²) in [5.74, 6) is 1.33. The Balaban J connectivity index is 1.63. The molecule has 3 nitrogen and oxygen atoms in total. The van der Waals surface area contributed by atoms with Gasteiger partial charge in [-0.3, -0.25) is 4.79 Å². The average Bonchev–Trinajstić information content (AvgIpc) is 3.11. The van der Waals surface area contributed by atoms with Crippen molar-refractivity contribution in [2.45, 2.75) is 26.2 Å². The van der Waals surface area contributed by atoms with Crippen molar-refractivity contribution in [1.29, 1.82) is 0 Å². The van der Waals surface area contributed by atoms with Crippen LogP contribution in [-0.2, 0) is 5.41 Å². The minimum Gasteiger partial charge on any atom is -0.457 e. The largest absolute Gasteiger partial charge is 0.457 e. The number of hydrogen-bond donors (Lipinski definition) is 1. The lowest BCUT2D eigenvalue weighted by molar-refractivity contribution is 0.103. The van der Waals surface area contributed by atoms with Crippen LogP contribution in [0.4, 0.5) is 0 Å². The number of ketones is 1. The fraction of sp³-hybridized carbons (Fsp3) is 0.160. The molecule has 1 aliphatic carbocycles. The summed E-state index contributed by atoms with van der Waals surface area (Å²) < 4.78 is 6.19. The summed E-state index contributed by atoms with van der Waals surface area (Å²) in [7, 11) is 0. The zero-order chi connectivity index (χ0) is 19.5. The summed E-state index contributed by atoms with van der Waals surface area (Å²) in [4.78, 5) is 16.6. The quantitative estimate of drug-likeness (QED) is 0.388. The van der Waals surface area contributed by atoms with E-state index in [9.17, 15) is 4.79 Å². The molecule has 4 aromatic rings. The number of fused-ring (bicyclic) bond motifs is 2. The Morgan fingerprint density at radius 3 is 2.25 bits per heavy atom. The zero-order valence-electron chi connectivity index (χ0n) is 16.2. The summed E-state index contributed by atoms with van der Waals surface area (Å²) in [6.45, 7) is 6.55. The van der Waals surface area contributed by atoms with Crippen LogP contribution >= 0.6 is 0 Å². The molecule has 0 unspecified atom stereocenters. The van der Waals surface area contributed by atoms with Crippen LogP contribution in [-0.4, -0.2) is 10.8 Å². The Kier molecular flexibility index (Phi) is 3.50. The number of ether oxygens (including phenoxy) is 1. The number of aromatic nitrogens is 1. The topological polar surface area (TPSA) is 42.1 Å². The van der Waals surface area contributed by atoms with Crippen molar-refractivity contribution in [3.05, 3.63) is 83.6 Å². The molecule has 0 saturated heterocycles. The van der Waals surface area contributed by atoms with Gasteiger partial charge in [-0.2, -0.15) is 0 Å². The number of rotatable bonds is 2. The predicted molar refractivity (Wildman–Crippen MR) is 112 cm³/mol. The monoisotopic (exact) mass is 367 g/mol. The normalized spacial score (nSPS) is 12.9. The van der Waals surface area contributed by atoms with Crippen LogP contribution in [0.5, 0.6) is 11.5 Å². The van der Waals surface area contributed by atoms with E-state index in [1.165, 1.54) is 5.56 Å². The van der Waals surface area contributed by atoms with Crippen molar-refractivity contribution in [3.63, 3.8) is 0 Å². The van der Waals surface area contributed by atoms with Gasteiger partial charge in [0.1, 0.15) is 11.5 Å². The van der Waals surface area contributed by atoms with E-state index in [4.69, 9.17) is 4.74 Å². The van der Waals surface area contributed by atoms with E-state index in [1.807, 2.05) is 54.7 Å². The number of hydrogen-bond acceptors (Lipinski definition) is 2. The van der Waals surface area contributed by atoms with Crippen LogP contribution < -0.4 is 4.74 Å². The first-order valence-corrected chi connectivity index (χ1v) is 9.50. The molecule has 0 fully saturated rings. The average molecular weight is 367 g/mol. The smallest absolute Gasteiger partial charge is 0.198 e. The molecule has 1 aromatic heterocycles. The van der Waals surface area contributed by atoms with E-state index in [1.54, 1.807) is 0 Å². The molecular formula is C25H21NO2. The summed E-state index contributed by atoms with van der Waals surface area (Å²) in [6.07, 6.45) is 1.97. The summed E-state index contributed by atoms with van der Waals surface area (Å²) in [5.41, 5.74) is 5.65. The minimum absolute atomic E-state index is 0.00890. The van der Waals surface area contributed by atoms with Crippen molar-refractivity contribution in [2.75, 3.05) is 0 Å². The maximum absolute atomic E-state index is 13.3. The Bertz CT molecular complexity index is 1220. The minimum atomic E-state index is 0.00890. The second-order valence-corrected chi connectivity index (χ2v) is 8.31. The van der Waals surface area contributed by atoms with Gasteiger partial charge in [-0.25, -0.2) is 0 Å². The molecule has 3 aromatic carbocycles. The molecule has 1 N–H and O–H groups in total. The SMILES string of the molecule is CC(C)(C)c1ccc(Oc2ccc3[nH]cc4c3c2C(=O)c2ccccc2-4)cc1. The van der Waals surface area contributed by atoms with Gasteiger partial charge in [0, 0.05) is 28.2 Å².